The first-order valence-corrected chi connectivity index (χ1v) is 9.48. The fourth-order valence-corrected chi connectivity index (χ4v) is 3.76. The fraction of sp³-hybridized carbons (Fsp3) is 0.222. The molecule has 0 atom stereocenters. The minimum absolute atomic E-state index is 0.0369. The molecule has 7 nitrogen and oxygen atoms in total. The molecule has 1 fully saturated rings. The molecular weight excluding hydrogens is 354 g/mol. The van der Waals surface area contributed by atoms with E-state index in [9.17, 15) is 13.2 Å². The fourth-order valence-electron chi connectivity index (χ4n) is 2.63. The summed E-state index contributed by atoms with van der Waals surface area (Å²) in [6.45, 7) is 1.84. The molecule has 0 saturated carbocycles. The third kappa shape index (κ3) is 3.85. The topological polar surface area (TPSA) is 99.5 Å². The van der Waals surface area contributed by atoms with Crippen LogP contribution in [0, 0.1) is 11.3 Å². The van der Waals surface area contributed by atoms with Crippen LogP contribution in [0.4, 0.5) is 5.69 Å². The molecule has 2 aromatic rings. The van der Waals surface area contributed by atoms with Gasteiger partial charge in [0.2, 0.25) is 0 Å². The van der Waals surface area contributed by atoms with E-state index in [-0.39, 0.29) is 27.6 Å². The highest BCUT2D eigenvalue weighted by atomic mass is 32.2. The van der Waals surface area contributed by atoms with Crippen molar-refractivity contribution in [2.75, 3.05) is 31.0 Å². The van der Waals surface area contributed by atoms with Crippen LogP contribution in [0.2, 0.25) is 0 Å². The molecule has 1 aliphatic rings. The second-order valence-electron chi connectivity index (χ2n) is 5.70. The summed E-state index contributed by atoms with van der Waals surface area (Å²) in [5, 5.41) is 8.95. The van der Waals surface area contributed by atoms with Crippen molar-refractivity contribution in [3.63, 3.8) is 0 Å². The average molecular weight is 371 g/mol. The van der Waals surface area contributed by atoms with E-state index in [0.29, 0.717) is 26.3 Å². The highest BCUT2D eigenvalue weighted by molar-refractivity contribution is 7.92. The lowest BCUT2D eigenvalue weighted by atomic mass is 10.1. The molecule has 1 N–H and O–H groups in total. The van der Waals surface area contributed by atoms with Crippen LogP contribution in [-0.4, -0.2) is 45.5 Å². The summed E-state index contributed by atoms with van der Waals surface area (Å²) in [6.07, 6.45) is 0. The van der Waals surface area contributed by atoms with Crippen LogP contribution in [0.1, 0.15) is 15.9 Å². The van der Waals surface area contributed by atoms with Gasteiger partial charge in [0, 0.05) is 13.1 Å². The molecule has 1 amide bonds. The van der Waals surface area contributed by atoms with E-state index in [2.05, 4.69) is 4.72 Å². The van der Waals surface area contributed by atoms with E-state index in [1.807, 2.05) is 6.07 Å². The Labute approximate surface area is 151 Å². The van der Waals surface area contributed by atoms with Crippen molar-refractivity contribution in [1.82, 2.24) is 4.90 Å². The maximum atomic E-state index is 12.7. The second-order valence-corrected chi connectivity index (χ2v) is 7.38. The van der Waals surface area contributed by atoms with E-state index in [1.54, 1.807) is 29.2 Å². The number of sulfonamides is 1. The highest BCUT2D eigenvalue weighted by Crippen LogP contribution is 2.22. The standard InChI is InChI=1S/C18H17N3O4S/c19-13-14-4-3-5-15(12-14)26(23,24)20-17-7-2-1-6-16(17)18(22)21-8-10-25-11-9-21/h1-7,12,20H,8-11H2. The number of para-hydroxylation sites is 1. The first-order valence-electron chi connectivity index (χ1n) is 8.00. The minimum Gasteiger partial charge on any atom is -0.378 e. The number of ether oxygens (including phenoxy) is 1. The zero-order valence-electron chi connectivity index (χ0n) is 13.9. The van der Waals surface area contributed by atoms with Gasteiger partial charge in [-0.25, -0.2) is 8.42 Å². The number of carbonyl (C=O) groups is 1. The van der Waals surface area contributed by atoms with E-state index >= 15 is 0 Å². The molecule has 0 bridgehead atoms. The van der Waals surface area contributed by atoms with Gasteiger partial charge in [0.15, 0.2) is 0 Å². The molecule has 8 heteroatoms. The molecule has 0 spiro atoms. The molecule has 26 heavy (non-hydrogen) atoms. The van der Waals surface area contributed by atoms with Crippen LogP contribution < -0.4 is 4.72 Å². The van der Waals surface area contributed by atoms with Crippen molar-refractivity contribution in [1.29, 1.82) is 5.26 Å². The lowest BCUT2D eigenvalue weighted by Crippen LogP contribution is -2.41. The van der Waals surface area contributed by atoms with Crippen molar-refractivity contribution >= 4 is 21.6 Å². The van der Waals surface area contributed by atoms with Crippen molar-refractivity contribution in [2.45, 2.75) is 4.90 Å². The molecule has 1 aliphatic heterocycles. The maximum Gasteiger partial charge on any atom is 0.261 e. The Balaban J connectivity index is 1.90. The smallest absolute Gasteiger partial charge is 0.261 e. The molecule has 0 aliphatic carbocycles. The van der Waals surface area contributed by atoms with Gasteiger partial charge in [-0.05, 0) is 30.3 Å². The predicted molar refractivity (Wildman–Crippen MR) is 95.1 cm³/mol. The first-order chi connectivity index (χ1) is 12.5. The van der Waals surface area contributed by atoms with Gasteiger partial charge in [-0.2, -0.15) is 5.26 Å². The summed E-state index contributed by atoms with van der Waals surface area (Å²) >= 11 is 0. The Morgan fingerprint density at radius 2 is 1.85 bits per heavy atom. The zero-order valence-corrected chi connectivity index (χ0v) is 14.7. The number of nitriles is 1. The largest absolute Gasteiger partial charge is 0.378 e. The molecule has 2 aromatic carbocycles. The number of nitrogens with one attached hydrogen (secondary N) is 1. The summed E-state index contributed by atoms with van der Waals surface area (Å²) in [7, 11) is -3.93. The number of morpholine rings is 1. The molecule has 134 valence electrons. The summed E-state index contributed by atoms with van der Waals surface area (Å²) in [5.41, 5.74) is 0.714. The van der Waals surface area contributed by atoms with Gasteiger partial charge in [-0.1, -0.05) is 18.2 Å². The van der Waals surface area contributed by atoms with Crippen LogP contribution in [0.3, 0.4) is 0 Å². The average Bonchev–Trinajstić information content (AvgIpc) is 2.68. The number of carbonyl (C=O) groups excluding carboxylic acids is 1. The van der Waals surface area contributed by atoms with Crippen molar-refractivity contribution in [2.24, 2.45) is 0 Å². The molecular formula is C18H17N3O4S. The van der Waals surface area contributed by atoms with E-state index in [4.69, 9.17) is 10.00 Å². The van der Waals surface area contributed by atoms with Gasteiger partial charge in [0.25, 0.3) is 15.9 Å². The van der Waals surface area contributed by atoms with Crippen LogP contribution in [0.15, 0.2) is 53.4 Å². The SMILES string of the molecule is N#Cc1cccc(S(=O)(=O)Nc2ccccc2C(=O)N2CCOCC2)c1. The quantitative estimate of drug-likeness (QED) is 0.884. The molecule has 3 rings (SSSR count). The Hall–Kier alpha value is -2.89. The van der Waals surface area contributed by atoms with Crippen molar-refractivity contribution in [3.8, 4) is 6.07 Å². The van der Waals surface area contributed by atoms with E-state index in [1.165, 1.54) is 24.3 Å². The summed E-state index contributed by atoms with van der Waals surface area (Å²) in [4.78, 5) is 14.3. The maximum absolute atomic E-state index is 12.7. The van der Waals surface area contributed by atoms with Crippen LogP contribution >= 0.6 is 0 Å². The van der Waals surface area contributed by atoms with Gasteiger partial charge in [0.05, 0.1) is 41.0 Å². The van der Waals surface area contributed by atoms with E-state index in [0.717, 1.165) is 0 Å². The summed E-state index contributed by atoms with van der Waals surface area (Å²) in [6, 6.07) is 14.1. The Morgan fingerprint density at radius 3 is 2.58 bits per heavy atom. The van der Waals surface area contributed by atoms with Crippen LogP contribution in [0.5, 0.6) is 0 Å². The molecule has 0 radical (unpaired) electrons. The Bertz CT molecular complexity index is 960. The van der Waals surface area contributed by atoms with Gasteiger partial charge < -0.3 is 9.64 Å². The summed E-state index contributed by atoms with van der Waals surface area (Å²) < 4.78 is 33.0. The van der Waals surface area contributed by atoms with Crippen molar-refractivity contribution in [3.05, 3.63) is 59.7 Å². The lowest BCUT2D eigenvalue weighted by molar-refractivity contribution is 0.0303. The third-order valence-corrected chi connectivity index (χ3v) is 5.34. The number of benzene rings is 2. The minimum atomic E-state index is -3.93. The van der Waals surface area contributed by atoms with Gasteiger partial charge in [-0.15, -0.1) is 0 Å². The van der Waals surface area contributed by atoms with Gasteiger partial charge in [0.1, 0.15) is 0 Å². The molecule has 1 saturated heterocycles. The number of hydrogen-bond acceptors (Lipinski definition) is 5. The highest BCUT2D eigenvalue weighted by Gasteiger charge is 2.23. The van der Waals surface area contributed by atoms with Crippen molar-refractivity contribution < 1.29 is 17.9 Å². The normalized spacial score (nSPS) is 14.5. The number of hydrogen-bond donors (Lipinski definition) is 1. The number of amides is 1. The first kappa shape index (κ1) is 17.9. The summed E-state index contributed by atoms with van der Waals surface area (Å²) in [5.74, 6) is -0.252. The molecule has 0 aromatic heterocycles. The Morgan fingerprint density at radius 1 is 1.12 bits per heavy atom. The predicted octanol–water partition coefficient (Wildman–Crippen LogP) is 1.83. The number of nitrogens with zero attached hydrogens (tertiary/aromatic N) is 2. The molecule has 0 unspecified atom stereocenters. The monoisotopic (exact) mass is 371 g/mol. The van der Waals surface area contributed by atoms with Gasteiger partial charge in [-0.3, -0.25) is 9.52 Å². The second kappa shape index (κ2) is 7.56. The number of rotatable bonds is 4. The van der Waals surface area contributed by atoms with Crippen LogP contribution in [-0.2, 0) is 14.8 Å². The Kier molecular flexibility index (Phi) is 5.21. The third-order valence-electron chi connectivity index (χ3n) is 3.97. The van der Waals surface area contributed by atoms with Gasteiger partial charge >= 0.3 is 0 Å². The zero-order chi connectivity index (χ0) is 18.6. The number of anilines is 1. The van der Waals surface area contributed by atoms with Crippen LogP contribution in [0.25, 0.3) is 0 Å². The lowest BCUT2D eigenvalue weighted by Gasteiger charge is -2.27. The van der Waals surface area contributed by atoms with E-state index < -0.39 is 10.0 Å². The molecule has 1 heterocycles.